The van der Waals surface area contributed by atoms with Gasteiger partial charge in [-0.05, 0) is 48.2 Å². The number of benzene rings is 3. The average molecular weight is 499 g/mol. The fourth-order valence-corrected chi connectivity index (χ4v) is 4.68. The van der Waals surface area contributed by atoms with E-state index in [4.69, 9.17) is 0 Å². The summed E-state index contributed by atoms with van der Waals surface area (Å²) in [4.78, 5) is 30.7. The Kier molecular flexibility index (Phi) is 8.96. The highest BCUT2D eigenvalue weighted by molar-refractivity contribution is 5.97. The van der Waals surface area contributed by atoms with Gasteiger partial charge in [-0.1, -0.05) is 74.0 Å². The minimum atomic E-state index is -0.605. The quantitative estimate of drug-likeness (QED) is 0.459. The molecule has 0 saturated carbocycles. The number of piperazine rings is 1. The molecule has 2 amide bonds. The fraction of sp³-hybridized carbons (Fsp3) is 0.355. The van der Waals surface area contributed by atoms with Gasteiger partial charge in [0.25, 0.3) is 5.91 Å². The Morgan fingerprint density at radius 3 is 2.08 bits per heavy atom. The van der Waals surface area contributed by atoms with Crippen LogP contribution in [0.5, 0.6) is 0 Å². The molecule has 6 heteroatoms. The molecule has 0 aromatic heterocycles. The summed E-state index contributed by atoms with van der Waals surface area (Å²) in [6.07, 6.45) is 0. The van der Waals surface area contributed by atoms with E-state index in [2.05, 4.69) is 69.0 Å². The number of nitrogens with zero attached hydrogens (tertiary/aromatic N) is 2. The van der Waals surface area contributed by atoms with Crippen molar-refractivity contribution in [1.82, 2.24) is 15.5 Å². The summed E-state index contributed by atoms with van der Waals surface area (Å²) in [7, 11) is 0. The molecule has 1 unspecified atom stereocenters. The first-order valence-electron chi connectivity index (χ1n) is 13.1. The van der Waals surface area contributed by atoms with E-state index >= 15 is 0 Å². The minimum absolute atomic E-state index is 0.0365. The van der Waals surface area contributed by atoms with Crippen molar-refractivity contribution in [1.29, 1.82) is 0 Å². The van der Waals surface area contributed by atoms with Crippen LogP contribution in [0.3, 0.4) is 0 Å². The van der Waals surface area contributed by atoms with Gasteiger partial charge in [0.2, 0.25) is 5.91 Å². The number of hydrogen-bond donors (Lipinski definition) is 2. The zero-order valence-electron chi connectivity index (χ0n) is 22.1. The molecule has 1 saturated heterocycles. The van der Waals surface area contributed by atoms with Crippen molar-refractivity contribution in [3.05, 3.63) is 101 Å². The lowest BCUT2D eigenvalue weighted by Crippen LogP contribution is -2.49. The Hall–Kier alpha value is -3.64. The Morgan fingerprint density at radius 2 is 1.43 bits per heavy atom. The van der Waals surface area contributed by atoms with Gasteiger partial charge in [-0.3, -0.25) is 14.5 Å². The van der Waals surface area contributed by atoms with E-state index < -0.39 is 6.04 Å². The Balaban J connectivity index is 1.33. The summed E-state index contributed by atoms with van der Waals surface area (Å²) in [6.45, 7) is 11.2. The van der Waals surface area contributed by atoms with Crippen LogP contribution in [0.4, 0.5) is 5.69 Å². The third-order valence-corrected chi connectivity index (χ3v) is 7.01. The molecule has 37 heavy (non-hydrogen) atoms. The lowest BCUT2D eigenvalue weighted by Gasteiger charge is -2.36. The third-order valence-electron chi connectivity index (χ3n) is 7.01. The van der Waals surface area contributed by atoms with Gasteiger partial charge in [-0.25, -0.2) is 0 Å². The Morgan fingerprint density at radius 1 is 0.811 bits per heavy atom. The number of hydrogen-bond acceptors (Lipinski definition) is 4. The monoisotopic (exact) mass is 498 g/mol. The van der Waals surface area contributed by atoms with Crippen molar-refractivity contribution in [3.8, 4) is 0 Å². The number of rotatable bonds is 9. The van der Waals surface area contributed by atoms with Crippen molar-refractivity contribution in [2.75, 3.05) is 31.1 Å². The second kappa shape index (κ2) is 12.5. The predicted molar refractivity (Wildman–Crippen MR) is 149 cm³/mol. The first-order valence-corrected chi connectivity index (χ1v) is 13.1. The number of nitrogens with one attached hydrogen (secondary N) is 2. The fourth-order valence-electron chi connectivity index (χ4n) is 4.68. The van der Waals surface area contributed by atoms with E-state index in [0.29, 0.717) is 12.1 Å². The van der Waals surface area contributed by atoms with Crippen LogP contribution in [0.2, 0.25) is 0 Å². The summed E-state index contributed by atoms with van der Waals surface area (Å²) in [5.74, 6) is -0.434. The standard InChI is InChI=1S/C31H38N4O2/c1-23(2)29(33-30(36)25-15-13-24(3)14-16-25)31(37)32-21-26-9-7-8-10-27(26)22-34-17-19-35(20-18-34)28-11-5-4-6-12-28/h4-16,23,29H,17-22H2,1-3H3,(H,32,37)(H,33,36). The van der Waals surface area contributed by atoms with E-state index in [1.807, 2.05) is 39.0 Å². The molecule has 0 radical (unpaired) electrons. The number of carbonyl (C=O) groups excluding carboxylic acids is 2. The molecule has 3 aromatic rings. The zero-order chi connectivity index (χ0) is 26.2. The van der Waals surface area contributed by atoms with Crippen LogP contribution in [0.1, 0.15) is 40.9 Å². The lowest BCUT2D eigenvalue weighted by atomic mass is 10.0. The van der Waals surface area contributed by atoms with Crippen molar-refractivity contribution in [3.63, 3.8) is 0 Å². The smallest absolute Gasteiger partial charge is 0.251 e. The number of carbonyl (C=O) groups is 2. The predicted octanol–water partition coefficient (Wildman–Crippen LogP) is 4.39. The number of anilines is 1. The van der Waals surface area contributed by atoms with Crippen molar-refractivity contribution in [2.24, 2.45) is 5.92 Å². The average Bonchev–Trinajstić information content (AvgIpc) is 2.92. The molecule has 2 N–H and O–H groups in total. The summed E-state index contributed by atoms with van der Waals surface area (Å²) in [6, 6.07) is 25.6. The van der Waals surface area contributed by atoms with Crippen LogP contribution in [0.15, 0.2) is 78.9 Å². The third kappa shape index (κ3) is 7.20. The maximum Gasteiger partial charge on any atom is 0.251 e. The van der Waals surface area contributed by atoms with E-state index in [1.165, 1.54) is 11.3 Å². The van der Waals surface area contributed by atoms with Gasteiger partial charge < -0.3 is 15.5 Å². The summed E-state index contributed by atoms with van der Waals surface area (Å²) < 4.78 is 0. The highest BCUT2D eigenvalue weighted by Gasteiger charge is 2.25. The molecule has 3 aromatic carbocycles. The first-order chi connectivity index (χ1) is 17.9. The normalized spacial score (nSPS) is 14.9. The van der Waals surface area contributed by atoms with Crippen LogP contribution in [0, 0.1) is 12.8 Å². The van der Waals surface area contributed by atoms with E-state index in [1.54, 1.807) is 12.1 Å². The van der Waals surface area contributed by atoms with E-state index in [-0.39, 0.29) is 17.7 Å². The highest BCUT2D eigenvalue weighted by Crippen LogP contribution is 2.18. The van der Waals surface area contributed by atoms with Crippen molar-refractivity contribution >= 4 is 17.5 Å². The zero-order valence-corrected chi connectivity index (χ0v) is 22.1. The molecule has 0 spiro atoms. The Labute approximate surface area is 220 Å². The number of amides is 2. The largest absolute Gasteiger partial charge is 0.369 e. The molecule has 0 aliphatic carbocycles. The Bertz CT molecular complexity index is 1170. The van der Waals surface area contributed by atoms with E-state index in [9.17, 15) is 9.59 Å². The number of aryl methyl sites for hydroxylation is 1. The maximum absolute atomic E-state index is 13.1. The SMILES string of the molecule is Cc1ccc(C(=O)NC(C(=O)NCc2ccccc2CN2CCN(c3ccccc3)CC2)C(C)C)cc1. The molecule has 1 aliphatic rings. The molecule has 1 fully saturated rings. The molecule has 0 bridgehead atoms. The van der Waals surface area contributed by atoms with Crippen molar-refractivity contribution < 1.29 is 9.59 Å². The van der Waals surface area contributed by atoms with Gasteiger partial charge in [-0.2, -0.15) is 0 Å². The maximum atomic E-state index is 13.1. The highest BCUT2D eigenvalue weighted by atomic mass is 16.2. The molecule has 4 rings (SSSR count). The molecule has 1 atom stereocenters. The molecular weight excluding hydrogens is 460 g/mol. The molecule has 6 nitrogen and oxygen atoms in total. The summed E-state index contributed by atoms with van der Waals surface area (Å²) in [5.41, 5.74) is 5.25. The van der Waals surface area contributed by atoms with Crippen LogP contribution in [-0.4, -0.2) is 48.9 Å². The second-order valence-electron chi connectivity index (χ2n) is 10.1. The summed E-state index contributed by atoms with van der Waals surface area (Å²) in [5, 5.41) is 5.99. The first kappa shape index (κ1) is 26.4. The van der Waals surface area contributed by atoms with Crippen LogP contribution in [0.25, 0.3) is 0 Å². The number of para-hydroxylation sites is 1. The van der Waals surface area contributed by atoms with Crippen LogP contribution in [-0.2, 0) is 17.9 Å². The molecular formula is C31H38N4O2. The van der Waals surface area contributed by atoms with Crippen molar-refractivity contribution in [2.45, 2.75) is 39.9 Å². The van der Waals surface area contributed by atoms with Gasteiger partial charge >= 0.3 is 0 Å². The van der Waals surface area contributed by atoms with Crippen LogP contribution >= 0.6 is 0 Å². The van der Waals surface area contributed by atoms with Gasteiger partial charge in [0.1, 0.15) is 6.04 Å². The molecule has 1 aliphatic heterocycles. The lowest BCUT2D eigenvalue weighted by molar-refractivity contribution is -0.124. The second-order valence-corrected chi connectivity index (χ2v) is 10.1. The van der Waals surface area contributed by atoms with Gasteiger partial charge in [0, 0.05) is 50.5 Å². The summed E-state index contributed by atoms with van der Waals surface area (Å²) >= 11 is 0. The van der Waals surface area contributed by atoms with Gasteiger partial charge in [0.05, 0.1) is 0 Å². The molecule has 1 heterocycles. The molecule has 194 valence electrons. The van der Waals surface area contributed by atoms with Crippen LogP contribution < -0.4 is 15.5 Å². The van der Waals surface area contributed by atoms with Gasteiger partial charge in [0.15, 0.2) is 0 Å². The topological polar surface area (TPSA) is 64.7 Å². The minimum Gasteiger partial charge on any atom is -0.369 e. The van der Waals surface area contributed by atoms with Gasteiger partial charge in [-0.15, -0.1) is 0 Å². The van der Waals surface area contributed by atoms with E-state index in [0.717, 1.165) is 43.9 Å².